The van der Waals surface area contributed by atoms with Crippen LogP contribution in [0.4, 0.5) is 0 Å². The van der Waals surface area contributed by atoms with Gasteiger partial charge in [-0.2, -0.15) is 0 Å². The van der Waals surface area contributed by atoms with Crippen molar-refractivity contribution < 1.29 is 14.3 Å². The second-order valence-electron chi connectivity index (χ2n) is 6.82. The van der Waals surface area contributed by atoms with Gasteiger partial charge in [0.05, 0.1) is 13.5 Å². The molecule has 0 aromatic heterocycles. The van der Waals surface area contributed by atoms with Crippen LogP contribution in [0.25, 0.3) is 0 Å². The summed E-state index contributed by atoms with van der Waals surface area (Å²) in [6.07, 6.45) is 4.30. The molecule has 1 aliphatic heterocycles. The SMILES string of the molecule is COc1ccc(Cl)cc1CC(=O)N1CCCN(C(=O)C2CCC2)CC1. The summed E-state index contributed by atoms with van der Waals surface area (Å²) >= 11 is 6.05. The Morgan fingerprint density at radius 3 is 2.52 bits per heavy atom. The van der Waals surface area contributed by atoms with Gasteiger partial charge in [0.1, 0.15) is 5.75 Å². The first-order chi connectivity index (χ1) is 12.1. The highest BCUT2D eigenvalue weighted by Crippen LogP contribution is 2.29. The highest BCUT2D eigenvalue weighted by molar-refractivity contribution is 6.30. The van der Waals surface area contributed by atoms with Gasteiger partial charge in [-0.05, 0) is 37.5 Å². The van der Waals surface area contributed by atoms with E-state index >= 15 is 0 Å². The van der Waals surface area contributed by atoms with Crippen LogP contribution in [0.5, 0.6) is 5.75 Å². The second kappa shape index (κ2) is 8.09. The van der Waals surface area contributed by atoms with Crippen molar-refractivity contribution in [1.29, 1.82) is 0 Å². The lowest BCUT2D eigenvalue weighted by atomic mass is 9.84. The van der Waals surface area contributed by atoms with Crippen LogP contribution in [0, 0.1) is 5.92 Å². The molecule has 0 unspecified atom stereocenters. The average Bonchev–Trinajstić information content (AvgIpc) is 2.79. The van der Waals surface area contributed by atoms with Gasteiger partial charge in [-0.15, -0.1) is 0 Å². The van der Waals surface area contributed by atoms with Gasteiger partial charge in [0.15, 0.2) is 0 Å². The predicted molar refractivity (Wildman–Crippen MR) is 96.8 cm³/mol. The highest BCUT2D eigenvalue weighted by atomic mass is 35.5. The third-order valence-corrected chi connectivity index (χ3v) is 5.43. The lowest BCUT2D eigenvalue weighted by molar-refractivity contribution is -0.138. The van der Waals surface area contributed by atoms with E-state index in [-0.39, 0.29) is 24.2 Å². The summed E-state index contributed by atoms with van der Waals surface area (Å²) in [7, 11) is 1.59. The Kier molecular flexibility index (Phi) is 5.84. The van der Waals surface area contributed by atoms with Gasteiger partial charge in [0, 0.05) is 42.7 Å². The number of rotatable bonds is 4. The third-order valence-electron chi connectivity index (χ3n) is 5.20. The zero-order valence-electron chi connectivity index (χ0n) is 14.7. The van der Waals surface area contributed by atoms with Crippen LogP contribution in [0.3, 0.4) is 0 Å². The van der Waals surface area contributed by atoms with E-state index in [9.17, 15) is 9.59 Å². The zero-order chi connectivity index (χ0) is 17.8. The van der Waals surface area contributed by atoms with Crippen LogP contribution in [0.15, 0.2) is 18.2 Å². The molecule has 5 nitrogen and oxygen atoms in total. The van der Waals surface area contributed by atoms with Crippen molar-refractivity contribution in [1.82, 2.24) is 9.80 Å². The largest absolute Gasteiger partial charge is 0.496 e. The number of amides is 2. The standard InChI is InChI=1S/C19H25ClN2O3/c1-25-17-7-6-16(20)12-15(17)13-18(23)21-8-3-9-22(11-10-21)19(24)14-4-2-5-14/h6-7,12,14H,2-5,8-11,13H2,1H3. The maximum atomic E-state index is 12.7. The lowest BCUT2D eigenvalue weighted by Gasteiger charge is -2.31. The topological polar surface area (TPSA) is 49.9 Å². The van der Waals surface area contributed by atoms with Gasteiger partial charge in [-0.1, -0.05) is 18.0 Å². The van der Waals surface area contributed by atoms with Crippen molar-refractivity contribution in [3.63, 3.8) is 0 Å². The number of hydrogen-bond donors (Lipinski definition) is 0. The Morgan fingerprint density at radius 2 is 1.84 bits per heavy atom. The van der Waals surface area contributed by atoms with Gasteiger partial charge in [-0.3, -0.25) is 9.59 Å². The number of nitrogens with zero attached hydrogens (tertiary/aromatic N) is 2. The van der Waals surface area contributed by atoms with E-state index in [1.165, 1.54) is 0 Å². The minimum Gasteiger partial charge on any atom is -0.496 e. The summed E-state index contributed by atoms with van der Waals surface area (Å²) in [5, 5.41) is 0.594. The zero-order valence-corrected chi connectivity index (χ0v) is 15.4. The average molecular weight is 365 g/mol. The Morgan fingerprint density at radius 1 is 1.12 bits per heavy atom. The molecule has 2 aliphatic rings. The minimum absolute atomic E-state index is 0.0542. The van der Waals surface area contributed by atoms with Crippen molar-refractivity contribution in [3.05, 3.63) is 28.8 Å². The molecule has 1 saturated carbocycles. The minimum atomic E-state index is 0.0542. The molecule has 0 N–H and O–H groups in total. The normalized spacial score (nSPS) is 18.5. The molecule has 6 heteroatoms. The Labute approximate surface area is 153 Å². The molecule has 2 amide bonds. The second-order valence-corrected chi connectivity index (χ2v) is 7.26. The number of carbonyl (C=O) groups is 2. The molecule has 0 bridgehead atoms. The number of benzene rings is 1. The molecule has 136 valence electrons. The summed E-state index contributed by atoms with van der Waals surface area (Å²) in [6.45, 7) is 2.67. The molecule has 1 aromatic rings. The van der Waals surface area contributed by atoms with Crippen molar-refractivity contribution >= 4 is 23.4 Å². The molecule has 25 heavy (non-hydrogen) atoms. The fourth-order valence-corrected chi connectivity index (χ4v) is 3.66. The van der Waals surface area contributed by atoms with Gasteiger partial charge >= 0.3 is 0 Å². The quantitative estimate of drug-likeness (QED) is 0.825. The van der Waals surface area contributed by atoms with E-state index in [1.54, 1.807) is 25.3 Å². The first kappa shape index (κ1) is 18.1. The van der Waals surface area contributed by atoms with E-state index in [1.807, 2.05) is 9.80 Å². The molecule has 1 aromatic carbocycles. The molecular formula is C19H25ClN2O3. The summed E-state index contributed by atoms with van der Waals surface area (Å²) < 4.78 is 5.32. The van der Waals surface area contributed by atoms with E-state index < -0.39 is 0 Å². The van der Waals surface area contributed by atoms with Gasteiger partial charge in [-0.25, -0.2) is 0 Å². The molecule has 0 atom stereocenters. The van der Waals surface area contributed by atoms with Crippen LogP contribution in [-0.2, 0) is 16.0 Å². The van der Waals surface area contributed by atoms with E-state index in [0.717, 1.165) is 37.8 Å². The van der Waals surface area contributed by atoms with Crippen LogP contribution < -0.4 is 4.74 Å². The van der Waals surface area contributed by atoms with Crippen LogP contribution >= 0.6 is 11.6 Å². The van der Waals surface area contributed by atoms with Gasteiger partial charge < -0.3 is 14.5 Å². The molecule has 3 rings (SSSR count). The summed E-state index contributed by atoms with van der Waals surface area (Å²) in [6, 6.07) is 5.32. The third kappa shape index (κ3) is 4.27. The molecule has 0 radical (unpaired) electrons. The fraction of sp³-hybridized carbons (Fsp3) is 0.579. The molecule has 0 spiro atoms. The van der Waals surface area contributed by atoms with Crippen LogP contribution in [0.2, 0.25) is 5.02 Å². The van der Waals surface area contributed by atoms with Crippen molar-refractivity contribution in [2.75, 3.05) is 33.3 Å². The van der Waals surface area contributed by atoms with Gasteiger partial charge in [0.2, 0.25) is 11.8 Å². The number of hydrogen-bond acceptors (Lipinski definition) is 3. The maximum Gasteiger partial charge on any atom is 0.227 e. The van der Waals surface area contributed by atoms with Gasteiger partial charge in [0.25, 0.3) is 0 Å². The number of ether oxygens (including phenoxy) is 1. The van der Waals surface area contributed by atoms with Crippen LogP contribution in [-0.4, -0.2) is 54.9 Å². The summed E-state index contributed by atoms with van der Waals surface area (Å²) in [4.78, 5) is 28.9. The number of halogens is 1. The molecule has 1 saturated heterocycles. The summed E-state index contributed by atoms with van der Waals surface area (Å²) in [5.74, 6) is 1.22. The first-order valence-electron chi connectivity index (χ1n) is 8.97. The predicted octanol–water partition coefficient (Wildman–Crippen LogP) is 2.75. The molecular weight excluding hydrogens is 340 g/mol. The van der Waals surface area contributed by atoms with E-state index in [2.05, 4.69) is 0 Å². The molecule has 1 heterocycles. The van der Waals surface area contributed by atoms with Crippen LogP contribution in [0.1, 0.15) is 31.2 Å². The monoisotopic (exact) mass is 364 g/mol. The van der Waals surface area contributed by atoms with E-state index in [0.29, 0.717) is 30.4 Å². The highest BCUT2D eigenvalue weighted by Gasteiger charge is 2.31. The Hall–Kier alpha value is -1.75. The number of carbonyl (C=O) groups excluding carboxylic acids is 2. The van der Waals surface area contributed by atoms with Crippen molar-refractivity contribution in [2.45, 2.75) is 32.1 Å². The smallest absolute Gasteiger partial charge is 0.227 e. The van der Waals surface area contributed by atoms with Crippen molar-refractivity contribution in [3.8, 4) is 5.75 Å². The van der Waals surface area contributed by atoms with Crippen molar-refractivity contribution in [2.24, 2.45) is 5.92 Å². The maximum absolute atomic E-state index is 12.7. The summed E-state index contributed by atoms with van der Waals surface area (Å²) in [5.41, 5.74) is 0.798. The molecule has 2 fully saturated rings. The Bertz CT molecular complexity index is 646. The van der Waals surface area contributed by atoms with E-state index in [4.69, 9.17) is 16.3 Å². The molecule has 1 aliphatic carbocycles. The lowest BCUT2D eigenvalue weighted by Crippen LogP contribution is -2.41. The first-order valence-corrected chi connectivity index (χ1v) is 9.35. The Balaban J connectivity index is 1.59. The fourth-order valence-electron chi connectivity index (χ4n) is 3.46. The number of methoxy groups -OCH3 is 1.